The first-order valence-corrected chi connectivity index (χ1v) is 8.12. The molecular formula is C15H13N2O4S. The van der Waals surface area contributed by atoms with Gasteiger partial charge in [0.25, 0.3) is 15.7 Å². The first kappa shape index (κ1) is 14.5. The summed E-state index contributed by atoms with van der Waals surface area (Å²) in [5.74, 6) is 0. The van der Waals surface area contributed by atoms with E-state index in [4.69, 9.17) is 0 Å². The zero-order valence-electron chi connectivity index (χ0n) is 11.8. The Bertz CT molecular complexity index is 862. The molecule has 1 aliphatic heterocycles. The normalized spacial score (nSPS) is 14.0. The van der Waals surface area contributed by atoms with Crippen LogP contribution in [0.2, 0.25) is 0 Å². The monoisotopic (exact) mass is 317 g/mol. The van der Waals surface area contributed by atoms with E-state index in [1.165, 1.54) is 28.6 Å². The summed E-state index contributed by atoms with van der Waals surface area (Å²) in [5.41, 5.74) is 1.90. The number of nitro groups is 1. The Morgan fingerprint density at radius 1 is 1.27 bits per heavy atom. The second-order valence-corrected chi connectivity index (χ2v) is 6.97. The van der Waals surface area contributed by atoms with Gasteiger partial charge in [-0.1, -0.05) is 6.07 Å². The number of non-ortho nitro benzene ring substituents is 1. The van der Waals surface area contributed by atoms with Gasteiger partial charge in [-0.25, -0.2) is 8.42 Å². The Labute approximate surface area is 128 Å². The summed E-state index contributed by atoms with van der Waals surface area (Å²) in [5, 5.41) is 10.8. The van der Waals surface area contributed by atoms with E-state index in [1.54, 1.807) is 19.1 Å². The lowest BCUT2D eigenvalue weighted by Gasteiger charge is -2.19. The van der Waals surface area contributed by atoms with Gasteiger partial charge in [-0.2, -0.15) is 0 Å². The Morgan fingerprint density at radius 2 is 2.05 bits per heavy atom. The van der Waals surface area contributed by atoms with Crippen molar-refractivity contribution in [2.75, 3.05) is 10.8 Å². The van der Waals surface area contributed by atoms with Crippen molar-refractivity contribution in [2.45, 2.75) is 18.2 Å². The minimum absolute atomic E-state index is 0.0249. The lowest BCUT2D eigenvalue weighted by molar-refractivity contribution is -0.384. The molecule has 6 nitrogen and oxygen atoms in total. The zero-order chi connectivity index (χ0) is 15.9. The van der Waals surface area contributed by atoms with Crippen LogP contribution in [0.5, 0.6) is 0 Å². The summed E-state index contributed by atoms with van der Waals surface area (Å²) in [6, 6.07) is 11.8. The van der Waals surface area contributed by atoms with E-state index in [1.807, 2.05) is 0 Å². The van der Waals surface area contributed by atoms with Crippen LogP contribution in [0.15, 0.2) is 41.3 Å². The van der Waals surface area contributed by atoms with Gasteiger partial charge in [0.05, 0.1) is 15.5 Å². The Balaban J connectivity index is 2.04. The average molecular weight is 317 g/mol. The van der Waals surface area contributed by atoms with Gasteiger partial charge >= 0.3 is 0 Å². The number of anilines is 1. The van der Waals surface area contributed by atoms with Crippen LogP contribution >= 0.6 is 0 Å². The summed E-state index contributed by atoms with van der Waals surface area (Å²) >= 11 is 0. The predicted octanol–water partition coefficient (Wildman–Crippen LogP) is 2.45. The van der Waals surface area contributed by atoms with Gasteiger partial charge in [-0.3, -0.25) is 14.4 Å². The van der Waals surface area contributed by atoms with Gasteiger partial charge in [0.1, 0.15) is 0 Å². The fourth-order valence-electron chi connectivity index (χ4n) is 2.57. The largest absolute Gasteiger partial charge is 0.269 e. The SMILES string of the molecule is Cc1[c]ccc(S(=O)(=O)N2CCc3cc([N+](=O)[O-])ccc32)c1. The summed E-state index contributed by atoms with van der Waals surface area (Å²) < 4.78 is 26.8. The third-order valence-electron chi connectivity index (χ3n) is 3.63. The van der Waals surface area contributed by atoms with Gasteiger partial charge in [0.2, 0.25) is 0 Å². The van der Waals surface area contributed by atoms with E-state index < -0.39 is 14.9 Å². The number of hydrogen-bond donors (Lipinski definition) is 0. The van der Waals surface area contributed by atoms with Crippen LogP contribution in [0.4, 0.5) is 11.4 Å². The number of nitrogens with zero attached hydrogens (tertiary/aromatic N) is 2. The number of aryl methyl sites for hydroxylation is 1. The summed E-state index contributed by atoms with van der Waals surface area (Å²) in [7, 11) is -3.66. The van der Waals surface area contributed by atoms with Crippen molar-refractivity contribution in [3.05, 3.63) is 63.7 Å². The number of benzene rings is 2. The van der Waals surface area contributed by atoms with Crippen molar-refractivity contribution in [1.29, 1.82) is 0 Å². The molecule has 0 atom stereocenters. The molecule has 0 unspecified atom stereocenters. The molecule has 7 heteroatoms. The molecule has 3 rings (SSSR count). The van der Waals surface area contributed by atoms with Crippen molar-refractivity contribution in [1.82, 2.24) is 0 Å². The highest BCUT2D eigenvalue weighted by molar-refractivity contribution is 7.92. The third-order valence-corrected chi connectivity index (χ3v) is 5.44. The smallest absolute Gasteiger partial charge is 0.266 e. The molecular weight excluding hydrogens is 304 g/mol. The van der Waals surface area contributed by atoms with Crippen molar-refractivity contribution in [3.8, 4) is 0 Å². The van der Waals surface area contributed by atoms with E-state index in [9.17, 15) is 18.5 Å². The van der Waals surface area contributed by atoms with Gasteiger partial charge in [-0.05, 0) is 48.7 Å². The lowest BCUT2D eigenvalue weighted by Crippen LogP contribution is -2.29. The van der Waals surface area contributed by atoms with Crippen LogP contribution in [0.3, 0.4) is 0 Å². The van der Waals surface area contributed by atoms with Crippen LogP contribution in [0, 0.1) is 23.1 Å². The molecule has 0 saturated carbocycles. The highest BCUT2D eigenvalue weighted by atomic mass is 32.2. The standard InChI is InChI=1S/C15H13N2O4S/c1-11-3-2-4-14(9-11)22(20,21)16-8-7-12-10-13(17(18)19)5-6-15(12)16/h2,4-6,9-10H,7-8H2,1H3. The predicted molar refractivity (Wildman–Crippen MR) is 81.3 cm³/mol. The summed E-state index contributed by atoms with van der Waals surface area (Å²) in [6.45, 7) is 2.07. The second-order valence-electron chi connectivity index (χ2n) is 5.10. The lowest BCUT2D eigenvalue weighted by atomic mass is 10.1. The van der Waals surface area contributed by atoms with Gasteiger partial charge < -0.3 is 0 Å². The van der Waals surface area contributed by atoms with Gasteiger partial charge in [0, 0.05) is 18.7 Å². The van der Waals surface area contributed by atoms with E-state index >= 15 is 0 Å². The minimum Gasteiger partial charge on any atom is -0.266 e. The van der Waals surface area contributed by atoms with Gasteiger partial charge in [0.15, 0.2) is 0 Å². The molecule has 1 radical (unpaired) electrons. The molecule has 2 aromatic rings. The van der Waals surface area contributed by atoms with E-state index in [2.05, 4.69) is 6.07 Å². The molecule has 1 heterocycles. The maximum atomic E-state index is 12.7. The van der Waals surface area contributed by atoms with E-state index in [0.29, 0.717) is 17.7 Å². The number of rotatable bonds is 3. The molecule has 22 heavy (non-hydrogen) atoms. The van der Waals surface area contributed by atoms with Crippen LogP contribution < -0.4 is 4.31 Å². The van der Waals surface area contributed by atoms with E-state index in [-0.39, 0.29) is 17.1 Å². The maximum Gasteiger partial charge on any atom is 0.269 e. The first-order valence-electron chi connectivity index (χ1n) is 6.68. The Hall–Kier alpha value is -2.41. The second kappa shape index (κ2) is 5.10. The highest BCUT2D eigenvalue weighted by Gasteiger charge is 2.31. The molecule has 1 aliphatic rings. The maximum absolute atomic E-state index is 12.7. The number of nitro benzene ring substituents is 1. The molecule has 0 aliphatic carbocycles. The molecule has 113 valence electrons. The fourth-order valence-corrected chi connectivity index (χ4v) is 4.16. The Morgan fingerprint density at radius 3 is 2.73 bits per heavy atom. The fraction of sp³-hybridized carbons (Fsp3) is 0.200. The molecule has 2 aromatic carbocycles. The van der Waals surface area contributed by atoms with Crippen LogP contribution in [-0.2, 0) is 16.4 Å². The minimum atomic E-state index is -3.66. The Kier molecular flexibility index (Phi) is 3.37. The molecule has 0 aromatic heterocycles. The third kappa shape index (κ3) is 2.33. The molecule has 0 N–H and O–H groups in total. The molecule has 0 amide bonds. The average Bonchev–Trinajstić information content (AvgIpc) is 2.90. The van der Waals surface area contributed by atoms with Crippen molar-refractivity contribution in [2.24, 2.45) is 0 Å². The molecule has 0 saturated heterocycles. The van der Waals surface area contributed by atoms with Gasteiger partial charge in [-0.15, -0.1) is 0 Å². The van der Waals surface area contributed by atoms with E-state index in [0.717, 1.165) is 5.56 Å². The zero-order valence-corrected chi connectivity index (χ0v) is 12.6. The van der Waals surface area contributed by atoms with Crippen LogP contribution in [0.1, 0.15) is 11.1 Å². The van der Waals surface area contributed by atoms with Crippen molar-refractivity contribution >= 4 is 21.4 Å². The molecule has 0 fully saturated rings. The van der Waals surface area contributed by atoms with Crippen LogP contribution in [0.25, 0.3) is 0 Å². The number of hydrogen-bond acceptors (Lipinski definition) is 4. The first-order chi connectivity index (χ1) is 10.4. The number of fused-ring (bicyclic) bond motifs is 1. The van der Waals surface area contributed by atoms with Crippen LogP contribution in [-0.4, -0.2) is 19.9 Å². The summed E-state index contributed by atoms with van der Waals surface area (Å²) in [4.78, 5) is 10.5. The molecule has 0 bridgehead atoms. The quantitative estimate of drug-likeness (QED) is 0.643. The topological polar surface area (TPSA) is 80.5 Å². The summed E-state index contributed by atoms with van der Waals surface area (Å²) in [6.07, 6.45) is 0.466. The number of sulfonamides is 1. The highest BCUT2D eigenvalue weighted by Crippen LogP contribution is 2.35. The molecule has 0 spiro atoms. The van der Waals surface area contributed by atoms with Crippen molar-refractivity contribution in [3.63, 3.8) is 0 Å². The van der Waals surface area contributed by atoms with Crippen molar-refractivity contribution < 1.29 is 13.3 Å².